The summed E-state index contributed by atoms with van der Waals surface area (Å²) in [6, 6.07) is 0. The highest BCUT2D eigenvalue weighted by Crippen LogP contribution is 2.23. The lowest BCUT2D eigenvalue weighted by Gasteiger charge is -2.19. The molecular weight excluding hydrogens is 196 g/mol. The number of nitrogens with two attached hydrogens (primary N) is 1. The molecule has 2 heterocycles. The van der Waals surface area contributed by atoms with Crippen LogP contribution in [0.5, 0.6) is 0 Å². The van der Waals surface area contributed by atoms with E-state index in [0.29, 0.717) is 5.92 Å². The third kappa shape index (κ3) is 1.79. The highest BCUT2D eigenvalue weighted by molar-refractivity contribution is 7.98. The second kappa shape index (κ2) is 4.31. The number of aromatic nitrogens is 3. The molecule has 1 aromatic rings. The maximum atomic E-state index is 4.29. The van der Waals surface area contributed by atoms with E-state index in [-0.39, 0.29) is 0 Å². The van der Waals surface area contributed by atoms with Crippen LogP contribution in [0, 0.1) is 0 Å². The molecule has 78 valence electrons. The van der Waals surface area contributed by atoms with Gasteiger partial charge in [0.1, 0.15) is 5.82 Å². The first kappa shape index (κ1) is 9.98. The number of quaternary nitrogens is 1. The third-order valence-corrected chi connectivity index (χ3v) is 3.58. The molecule has 0 atom stereocenters. The van der Waals surface area contributed by atoms with Gasteiger partial charge in [0, 0.05) is 25.8 Å². The molecule has 0 spiro atoms. The van der Waals surface area contributed by atoms with Crippen LogP contribution in [0.15, 0.2) is 5.16 Å². The van der Waals surface area contributed by atoms with E-state index in [4.69, 9.17) is 0 Å². The van der Waals surface area contributed by atoms with Gasteiger partial charge in [0.05, 0.1) is 13.1 Å². The van der Waals surface area contributed by atoms with Crippen LogP contribution in [0.2, 0.25) is 0 Å². The van der Waals surface area contributed by atoms with E-state index in [0.717, 1.165) is 5.16 Å². The van der Waals surface area contributed by atoms with Crippen molar-refractivity contribution in [1.29, 1.82) is 0 Å². The maximum absolute atomic E-state index is 4.29. The van der Waals surface area contributed by atoms with Gasteiger partial charge < -0.3 is 9.88 Å². The van der Waals surface area contributed by atoms with Crippen molar-refractivity contribution in [2.45, 2.75) is 23.9 Å². The fraction of sp³-hybridized carbons (Fsp3) is 0.778. The molecule has 1 fully saturated rings. The second-order valence-electron chi connectivity index (χ2n) is 3.74. The Morgan fingerprint density at radius 1 is 1.36 bits per heavy atom. The molecule has 1 aromatic heterocycles. The molecule has 1 aliphatic heterocycles. The summed E-state index contributed by atoms with van der Waals surface area (Å²) in [5, 5.41) is 11.9. The molecule has 0 aromatic carbocycles. The van der Waals surface area contributed by atoms with E-state index in [2.05, 4.69) is 27.1 Å². The molecule has 2 rings (SSSR count). The number of rotatable bonds is 2. The molecule has 0 amide bonds. The standard InChI is InChI=1S/C9H16N4S/c1-13-8(11-12-9(13)14-2)7-3-5-10-6-4-7/h7,10H,3-6H2,1-2H3/p+1. The maximum Gasteiger partial charge on any atom is 0.190 e. The Hall–Kier alpha value is -0.550. The van der Waals surface area contributed by atoms with Crippen molar-refractivity contribution in [2.75, 3.05) is 19.3 Å². The van der Waals surface area contributed by atoms with Crippen molar-refractivity contribution in [2.24, 2.45) is 7.05 Å². The Morgan fingerprint density at radius 3 is 2.64 bits per heavy atom. The molecule has 2 N–H and O–H groups in total. The van der Waals surface area contributed by atoms with Crippen LogP contribution in [0.4, 0.5) is 0 Å². The van der Waals surface area contributed by atoms with Gasteiger partial charge >= 0.3 is 0 Å². The van der Waals surface area contributed by atoms with Crippen LogP contribution in [0.25, 0.3) is 0 Å². The largest absolute Gasteiger partial charge is 0.346 e. The van der Waals surface area contributed by atoms with Crippen LogP contribution >= 0.6 is 11.8 Å². The van der Waals surface area contributed by atoms with Gasteiger partial charge in [-0.2, -0.15) is 0 Å². The highest BCUT2D eigenvalue weighted by Gasteiger charge is 2.22. The molecular formula is C9H17N4S+. The summed E-state index contributed by atoms with van der Waals surface area (Å²) in [6.45, 7) is 2.46. The first-order chi connectivity index (χ1) is 6.83. The van der Waals surface area contributed by atoms with Gasteiger partial charge in [-0.3, -0.25) is 0 Å². The summed E-state index contributed by atoms with van der Waals surface area (Å²) in [5.41, 5.74) is 0. The van der Waals surface area contributed by atoms with E-state index >= 15 is 0 Å². The normalized spacial score (nSPS) is 18.7. The fourth-order valence-corrected chi connectivity index (χ4v) is 2.53. The van der Waals surface area contributed by atoms with E-state index in [1.54, 1.807) is 11.8 Å². The van der Waals surface area contributed by atoms with E-state index < -0.39 is 0 Å². The molecule has 0 saturated carbocycles. The SMILES string of the molecule is CSc1nnc(C2CC[NH2+]CC2)n1C. The second-order valence-corrected chi connectivity index (χ2v) is 4.52. The Bertz CT molecular complexity index is 304. The van der Waals surface area contributed by atoms with E-state index in [9.17, 15) is 0 Å². The van der Waals surface area contributed by atoms with Crippen molar-refractivity contribution in [3.8, 4) is 0 Å². The number of piperidine rings is 1. The van der Waals surface area contributed by atoms with Crippen molar-refractivity contribution >= 4 is 11.8 Å². The van der Waals surface area contributed by atoms with Gasteiger partial charge in [0.15, 0.2) is 5.16 Å². The zero-order chi connectivity index (χ0) is 9.97. The topological polar surface area (TPSA) is 47.3 Å². The molecule has 5 heteroatoms. The van der Waals surface area contributed by atoms with Gasteiger partial charge in [-0.25, -0.2) is 0 Å². The lowest BCUT2D eigenvalue weighted by Crippen LogP contribution is -2.86. The van der Waals surface area contributed by atoms with Crippen LogP contribution in [-0.2, 0) is 7.05 Å². The van der Waals surface area contributed by atoms with Gasteiger partial charge in [-0.15, -0.1) is 10.2 Å². The van der Waals surface area contributed by atoms with Gasteiger partial charge in [-0.1, -0.05) is 11.8 Å². The van der Waals surface area contributed by atoms with Gasteiger partial charge in [0.25, 0.3) is 0 Å². The Balaban J connectivity index is 2.18. The summed E-state index contributed by atoms with van der Waals surface area (Å²) in [7, 11) is 2.07. The number of nitrogens with zero attached hydrogens (tertiary/aromatic N) is 3. The molecule has 1 saturated heterocycles. The number of thioether (sulfide) groups is 1. The molecule has 0 radical (unpaired) electrons. The predicted octanol–water partition coefficient (Wildman–Crippen LogP) is -0.0222. The monoisotopic (exact) mass is 213 g/mol. The van der Waals surface area contributed by atoms with Crippen molar-refractivity contribution < 1.29 is 5.32 Å². The quantitative estimate of drug-likeness (QED) is 0.702. The smallest absolute Gasteiger partial charge is 0.190 e. The summed E-state index contributed by atoms with van der Waals surface area (Å²) >= 11 is 1.66. The summed E-state index contributed by atoms with van der Waals surface area (Å²) < 4.78 is 2.14. The summed E-state index contributed by atoms with van der Waals surface area (Å²) in [5.74, 6) is 1.79. The van der Waals surface area contributed by atoms with Crippen LogP contribution in [0.1, 0.15) is 24.6 Å². The lowest BCUT2D eigenvalue weighted by molar-refractivity contribution is -0.663. The molecule has 0 bridgehead atoms. The minimum atomic E-state index is 0.624. The number of hydrogen-bond acceptors (Lipinski definition) is 3. The first-order valence-corrected chi connectivity index (χ1v) is 6.30. The third-order valence-electron chi connectivity index (χ3n) is 2.85. The van der Waals surface area contributed by atoms with Gasteiger partial charge in [-0.05, 0) is 6.26 Å². The van der Waals surface area contributed by atoms with E-state index in [1.807, 2.05) is 6.26 Å². The van der Waals surface area contributed by atoms with Gasteiger partial charge in [0.2, 0.25) is 0 Å². The summed E-state index contributed by atoms with van der Waals surface area (Å²) in [6.07, 6.45) is 4.52. The first-order valence-electron chi connectivity index (χ1n) is 5.08. The van der Waals surface area contributed by atoms with Crippen LogP contribution in [0.3, 0.4) is 0 Å². The zero-order valence-electron chi connectivity index (χ0n) is 8.73. The minimum Gasteiger partial charge on any atom is -0.346 e. The van der Waals surface area contributed by atoms with Crippen molar-refractivity contribution in [3.05, 3.63) is 5.82 Å². The Kier molecular flexibility index (Phi) is 3.08. The highest BCUT2D eigenvalue weighted by atomic mass is 32.2. The predicted molar refractivity (Wildman–Crippen MR) is 56.4 cm³/mol. The van der Waals surface area contributed by atoms with E-state index in [1.165, 1.54) is 31.8 Å². The fourth-order valence-electron chi connectivity index (χ4n) is 2.04. The lowest BCUT2D eigenvalue weighted by atomic mass is 9.97. The Labute approximate surface area is 88.5 Å². The number of hydrogen-bond donors (Lipinski definition) is 1. The molecule has 4 nitrogen and oxygen atoms in total. The molecule has 14 heavy (non-hydrogen) atoms. The molecule has 0 unspecified atom stereocenters. The molecule has 1 aliphatic rings. The average Bonchev–Trinajstić information content (AvgIpc) is 2.61. The minimum absolute atomic E-state index is 0.624. The zero-order valence-corrected chi connectivity index (χ0v) is 9.55. The van der Waals surface area contributed by atoms with Crippen molar-refractivity contribution in [3.63, 3.8) is 0 Å². The Morgan fingerprint density at radius 2 is 2.07 bits per heavy atom. The summed E-state index contributed by atoms with van der Waals surface area (Å²) in [4.78, 5) is 0. The average molecular weight is 213 g/mol. The van der Waals surface area contributed by atoms with Crippen molar-refractivity contribution in [1.82, 2.24) is 14.8 Å². The van der Waals surface area contributed by atoms with Crippen LogP contribution < -0.4 is 5.32 Å². The van der Waals surface area contributed by atoms with Crippen LogP contribution in [-0.4, -0.2) is 34.1 Å². The molecule has 0 aliphatic carbocycles.